The minimum absolute atomic E-state index is 0.0330. The smallest absolute Gasteiger partial charge is 0.262 e. The van der Waals surface area contributed by atoms with E-state index in [4.69, 9.17) is 23.2 Å². The molecule has 8 heteroatoms. The van der Waals surface area contributed by atoms with E-state index >= 15 is 0 Å². The number of nitrogens with zero attached hydrogens (tertiary/aromatic N) is 1. The van der Waals surface area contributed by atoms with Crippen LogP contribution in [0.3, 0.4) is 0 Å². The fraction of sp³-hybridized carbons (Fsp3) is 0.154. The molecule has 0 saturated heterocycles. The van der Waals surface area contributed by atoms with E-state index in [1.165, 1.54) is 19.1 Å². The molecule has 0 amide bonds. The molecule has 0 bridgehead atoms. The van der Waals surface area contributed by atoms with Crippen molar-refractivity contribution < 1.29 is 12.8 Å². The summed E-state index contributed by atoms with van der Waals surface area (Å²) in [5.74, 6) is -0.506. The van der Waals surface area contributed by atoms with E-state index in [-0.39, 0.29) is 26.5 Å². The highest BCUT2D eigenvalue weighted by Gasteiger charge is 2.20. The zero-order valence-corrected chi connectivity index (χ0v) is 13.4. The fourth-order valence-electron chi connectivity index (χ4n) is 1.82. The highest BCUT2D eigenvalue weighted by molar-refractivity contribution is 7.92. The van der Waals surface area contributed by atoms with Gasteiger partial charge in [0.1, 0.15) is 11.0 Å². The van der Waals surface area contributed by atoms with E-state index in [2.05, 4.69) is 9.71 Å². The van der Waals surface area contributed by atoms with Gasteiger partial charge >= 0.3 is 0 Å². The number of hydrogen-bond donors (Lipinski definition) is 1. The third-order valence-corrected chi connectivity index (χ3v) is 4.78. The molecular formula is C13H11Cl2FN2O2S. The van der Waals surface area contributed by atoms with Crippen molar-refractivity contribution in [3.63, 3.8) is 0 Å². The van der Waals surface area contributed by atoms with E-state index in [0.29, 0.717) is 5.56 Å². The number of pyridine rings is 1. The number of aryl methyl sites for hydroxylation is 2. The Morgan fingerprint density at radius 3 is 2.38 bits per heavy atom. The summed E-state index contributed by atoms with van der Waals surface area (Å²) in [6.45, 7) is 3.15. The predicted octanol–water partition coefficient (Wildman–Crippen LogP) is 3.95. The monoisotopic (exact) mass is 348 g/mol. The Labute approximate surface area is 132 Å². The van der Waals surface area contributed by atoms with Crippen LogP contribution in [-0.4, -0.2) is 13.4 Å². The first-order valence-corrected chi connectivity index (χ1v) is 8.06. The maximum atomic E-state index is 13.1. The number of hydrogen-bond acceptors (Lipinski definition) is 3. The van der Waals surface area contributed by atoms with Gasteiger partial charge in [0.05, 0.1) is 10.6 Å². The molecule has 0 aliphatic rings. The number of anilines is 1. The van der Waals surface area contributed by atoms with Crippen LogP contribution in [0.25, 0.3) is 0 Å². The summed E-state index contributed by atoms with van der Waals surface area (Å²) in [5.41, 5.74) is 0.964. The van der Waals surface area contributed by atoms with Crippen molar-refractivity contribution >= 4 is 38.9 Å². The minimum Gasteiger partial charge on any atom is -0.276 e. The molecule has 21 heavy (non-hydrogen) atoms. The van der Waals surface area contributed by atoms with Crippen LogP contribution in [0, 0.1) is 19.7 Å². The van der Waals surface area contributed by atoms with Gasteiger partial charge in [-0.1, -0.05) is 23.2 Å². The number of nitrogens with one attached hydrogen (secondary N) is 1. The molecule has 2 rings (SSSR count). The van der Waals surface area contributed by atoms with Crippen molar-refractivity contribution in [1.29, 1.82) is 0 Å². The van der Waals surface area contributed by atoms with Crippen LogP contribution in [0.15, 0.2) is 29.2 Å². The summed E-state index contributed by atoms with van der Waals surface area (Å²) in [4.78, 5) is 3.76. The number of halogens is 3. The second-order valence-electron chi connectivity index (χ2n) is 4.44. The van der Waals surface area contributed by atoms with Crippen LogP contribution < -0.4 is 4.72 Å². The number of rotatable bonds is 3. The first-order chi connectivity index (χ1) is 9.70. The quantitative estimate of drug-likeness (QED) is 0.854. The van der Waals surface area contributed by atoms with Crippen molar-refractivity contribution in [1.82, 2.24) is 4.98 Å². The molecule has 0 saturated carbocycles. The second kappa shape index (κ2) is 5.79. The lowest BCUT2D eigenvalue weighted by atomic mass is 10.2. The Kier molecular flexibility index (Phi) is 4.41. The van der Waals surface area contributed by atoms with E-state index in [9.17, 15) is 12.8 Å². The van der Waals surface area contributed by atoms with Gasteiger partial charge in [-0.3, -0.25) is 4.72 Å². The topological polar surface area (TPSA) is 59.1 Å². The van der Waals surface area contributed by atoms with Gasteiger partial charge in [-0.15, -0.1) is 0 Å². The third-order valence-electron chi connectivity index (χ3n) is 2.80. The fourth-order valence-corrected chi connectivity index (χ4v) is 3.82. The Morgan fingerprint density at radius 1 is 1.14 bits per heavy atom. The SMILES string of the molecule is Cc1cc(F)ccc1S(=O)(=O)Nc1c(C)cc(Cl)nc1Cl. The summed E-state index contributed by atoms with van der Waals surface area (Å²) in [5, 5.41) is 0.113. The van der Waals surface area contributed by atoms with E-state index in [0.717, 1.165) is 12.1 Å². The summed E-state index contributed by atoms with van der Waals surface area (Å²) in [7, 11) is -3.90. The Balaban J connectivity index is 2.47. The number of aromatic nitrogens is 1. The number of benzene rings is 1. The van der Waals surface area contributed by atoms with Gasteiger partial charge in [-0.05, 0) is 49.2 Å². The first-order valence-electron chi connectivity index (χ1n) is 5.82. The molecule has 1 aromatic heterocycles. The molecule has 0 spiro atoms. The molecule has 0 aliphatic heterocycles. The number of sulfonamides is 1. The average molecular weight is 349 g/mol. The van der Waals surface area contributed by atoms with E-state index < -0.39 is 15.8 Å². The Bertz CT molecular complexity index is 787. The van der Waals surface area contributed by atoms with Crippen molar-refractivity contribution in [3.05, 3.63) is 51.5 Å². The average Bonchev–Trinajstić information content (AvgIpc) is 2.33. The van der Waals surface area contributed by atoms with Crippen molar-refractivity contribution in [3.8, 4) is 0 Å². The molecule has 2 aromatic rings. The predicted molar refractivity (Wildman–Crippen MR) is 80.9 cm³/mol. The van der Waals surface area contributed by atoms with Crippen LogP contribution in [-0.2, 0) is 10.0 Å². The van der Waals surface area contributed by atoms with Crippen LogP contribution in [0.2, 0.25) is 10.3 Å². The largest absolute Gasteiger partial charge is 0.276 e. The highest BCUT2D eigenvalue weighted by atomic mass is 35.5. The van der Waals surface area contributed by atoms with Crippen LogP contribution in [0.1, 0.15) is 11.1 Å². The van der Waals surface area contributed by atoms with E-state index in [1.807, 2.05) is 0 Å². The zero-order valence-electron chi connectivity index (χ0n) is 11.1. The molecule has 0 fully saturated rings. The molecular weight excluding hydrogens is 338 g/mol. The maximum absolute atomic E-state index is 13.1. The van der Waals surface area contributed by atoms with Gasteiger partial charge in [0.15, 0.2) is 5.15 Å². The molecule has 1 N–H and O–H groups in total. The molecule has 1 aromatic carbocycles. The lowest BCUT2D eigenvalue weighted by Gasteiger charge is -2.13. The van der Waals surface area contributed by atoms with Gasteiger partial charge in [0.25, 0.3) is 10.0 Å². The summed E-state index contributed by atoms with van der Waals surface area (Å²) in [6.07, 6.45) is 0. The van der Waals surface area contributed by atoms with Gasteiger partial charge in [-0.2, -0.15) is 0 Å². The summed E-state index contributed by atoms with van der Waals surface area (Å²) in [6, 6.07) is 4.90. The molecule has 0 unspecified atom stereocenters. The van der Waals surface area contributed by atoms with Crippen molar-refractivity contribution in [2.45, 2.75) is 18.7 Å². The minimum atomic E-state index is -3.90. The summed E-state index contributed by atoms with van der Waals surface area (Å²) < 4.78 is 40.2. The lowest BCUT2D eigenvalue weighted by Crippen LogP contribution is -2.16. The van der Waals surface area contributed by atoms with Crippen molar-refractivity contribution in [2.75, 3.05) is 4.72 Å². The second-order valence-corrected chi connectivity index (χ2v) is 6.84. The molecule has 0 aliphatic carbocycles. The Morgan fingerprint density at radius 2 is 1.81 bits per heavy atom. The van der Waals surface area contributed by atoms with Gasteiger partial charge in [-0.25, -0.2) is 17.8 Å². The van der Waals surface area contributed by atoms with Crippen LogP contribution in [0.4, 0.5) is 10.1 Å². The van der Waals surface area contributed by atoms with Gasteiger partial charge < -0.3 is 0 Å². The molecule has 112 valence electrons. The molecule has 0 atom stereocenters. The standard InChI is InChI=1S/C13H11Cl2FN2O2S/c1-7-5-9(16)3-4-10(7)21(19,20)18-12-8(2)6-11(14)17-13(12)15/h3-6,18H,1-2H3. The van der Waals surface area contributed by atoms with Crippen LogP contribution >= 0.6 is 23.2 Å². The lowest BCUT2D eigenvalue weighted by molar-refractivity contribution is 0.598. The zero-order chi connectivity index (χ0) is 15.8. The maximum Gasteiger partial charge on any atom is 0.262 e. The van der Waals surface area contributed by atoms with Gasteiger partial charge in [0, 0.05) is 0 Å². The highest BCUT2D eigenvalue weighted by Crippen LogP contribution is 2.29. The van der Waals surface area contributed by atoms with Gasteiger partial charge in [0.2, 0.25) is 0 Å². The van der Waals surface area contributed by atoms with Crippen molar-refractivity contribution in [2.24, 2.45) is 0 Å². The molecule has 1 heterocycles. The normalized spacial score (nSPS) is 11.5. The Hall–Kier alpha value is -1.37. The molecule has 4 nitrogen and oxygen atoms in total. The summed E-state index contributed by atoms with van der Waals surface area (Å²) >= 11 is 11.6. The first kappa shape index (κ1) is 16.0. The molecule has 0 radical (unpaired) electrons. The van der Waals surface area contributed by atoms with Crippen LogP contribution in [0.5, 0.6) is 0 Å². The van der Waals surface area contributed by atoms with E-state index in [1.54, 1.807) is 6.92 Å². The third kappa shape index (κ3) is 3.45.